The predicted octanol–water partition coefficient (Wildman–Crippen LogP) is 4.10. The van der Waals surface area contributed by atoms with Crippen LogP contribution in [0.15, 0.2) is 35.3 Å². The first-order valence-electron chi connectivity index (χ1n) is 11.1. The first-order chi connectivity index (χ1) is 14.2. The average Bonchev–Trinajstić information content (AvgIpc) is 3.19. The third-order valence-corrected chi connectivity index (χ3v) is 6.01. The summed E-state index contributed by atoms with van der Waals surface area (Å²) in [6.07, 6.45) is 10.9. The van der Waals surface area contributed by atoms with Crippen molar-refractivity contribution in [3.8, 4) is 0 Å². The molecule has 0 radical (unpaired) electrons. The molecule has 1 saturated carbocycles. The fourth-order valence-corrected chi connectivity index (χ4v) is 4.34. The van der Waals surface area contributed by atoms with Gasteiger partial charge in [-0.25, -0.2) is 4.98 Å². The Morgan fingerprint density at radius 3 is 2.76 bits per heavy atom. The molecule has 4 rings (SSSR count). The minimum atomic E-state index is 0.551. The maximum absolute atomic E-state index is 4.90. The maximum Gasteiger partial charge on any atom is 0.387 e. The van der Waals surface area contributed by atoms with Gasteiger partial charge in [0, 0.05) is 24.0 Å². The van der Waals surface area contributed by atoms with Gasteiger partial charge >= 0.3 is 5.84 Å². The Bertz CT molecular complexity index is 949. The van der Waals surface area contributed by atoms with Crippen molar-refractivity contribution in [3.05, 3.63) is 35.9 Å². The minimum Gasteiger partial charge on any atom is -0.369 e. The monoisotopic (exact) mass is 390 g/mol. The molecule has 5 nitrogen and oxygen atoms in total. The third-order valence-electron chi connectivity index (χ3n) is 6.01. The largest absolute Gasteiger partial charge is 0.387 e. The lowest BCUT2D eigenvalue weighted by atomic mass is 9.94. The standard InChI is InChI=1S/C24H31N5/c1-3-19(28-20-10-5-4-6-11-20)13-14-25-24-21(23-16-26-17(2)27-23)15-18-9-7-8-12-22(18)29-24/h7-9,12,15-16,19-20,28H,3-6,10-11,13-14H2,1-2H3/p+1. The molecule has 1 aromatic carbocycles. The van der Waals surface area contributed by atoms with Gasteiger partial charge in [-0.05, 0) is 42.8 Å². The van der Waals surface area contributed by atoms with E-state index in [0.717, 1.165) is 53.2 Å². The van der Waals surface area contributed by atoms with Gasteiger partial charge in [0.15, 0.2) is 0 Å². The number of nitrogens with one attached hydrogen (secondary N) is 2. The fourth-order valence-electron chi connectivity index (χ4n) is 4.34. The maximum atomic E-state index is 4.90. The summed E-state index contributed by atoms with van der Waals surface area (Å²) >= 11 is 0. The lowest BCUT2D eigenvalue weighted by Gasteiger charge is -2.28. The summed E-state index contributed by atoms with van der Waals surface area (Å²) in [6, 6.07) is 11.7. The Morgan fingerprint density at radius 1 is 1.17 bits per heavy atom. The second-order valence-electron chi connectivity index (χ2n) is 8.20. The Hall–Kier alpha value is -2.49. The topological polar surface area (TPSA) is 63.4 Å². The molecule has 1 atom stereocenters. The van der Waals surface area contributed by atoms with Gasteiger partial charge in [0.2, 0.25) is 6.21 Å². The Labute approximate surface area is 173 Å². The van der Waals surface area contributed by atoms with Gasteiger partial charge in [-0.15, -0.1) is 0 Å². The van der Waals surface area contributed by atoms with Gasteiger partial charge in [0.1, 0.15) is 5.82 Å². The predicted molar refractivity (Wildman–Crippen MR) is 124 cm³/mol. The zero-order valence-corrected chi connectivity index (χ0v) is 17.6. The smallest absolute Gasteiger partial charge is 0.369 e. The van der Waals surface area contributed by atoms with Crippen LogP contribution in [0.5, 0.6) is 0 Å². The summed E-state index contributed by atoms with van der Waals surface area (Å²) in [6.45, 7) is 5.10. The number of anilines is 1. The van der Waals surface area contributed by atoms with Crippen LogP contribution in [0.3, 0.4) is 0 Å². The molecule has 0 spiro atoms. The molecular weight excluding hydrogens is 358 g/mol. The summed E-state index contributed by atoms with van der Waals surface area (Å²) in [5.74, 6) is 1.69. The number of amidine groups is 1. The number of hydrogen-bond donors (Lipinski definition) is 2. The number of aliphatic imine (C=N–C) groups is 1. The SMILES string of the molecule is CCC(CCNc1nc2ccccc2cc1C1=[N+]=C(C)N=C1)NC1CCCCC1. The van der Waals surface area contributed by atoms with Crippen molar-refractivity contribution in [1.82, 2.24) is 15.0 Å². The van der Waals surface area contributed by atoms with E-state index in [4.69, 9.17) is 4.98 Å². The highest BCUT2D eigenvalue weighted by Crippen LogP contribution is 2.22. The molecule has 2 aliphatic rings. The number of pyridine rings is 1. The summed E-state index contributed by atoms with van der Waals surface area (Å²) in [7, 11) is 0. The van der Waals surface area contributed by atoms with E-state index < -0.39 is 0 Å². The van der Waals surface area contributed by atoms with E-state index in [2.05, 4.69) is 45.4 Å². The number of para-hydroxylation sites is 1. The van der Waals surface area contributed by atoms with Crippen molar-refractivity contribution in [2.45, 2.75) is 70.9 Å². The van der Waals surface area contributed by atoms with Crippen molar-refractivity contribution in [1.29, 1.82) is 0 Å². The molecular formula is C24H32N5+. The highest BCUT2D eigenvalue weighted by Gasteiger charge is 2.22. The van der Waals surface area contributed by atoms with Gasteiger partial charge < -0.3 is 10.6 Å². The molecule has 1 unspecified atom stereocenters. The van der Waals surface area contributed by atoms with Gasteiger partial charge in [0.05, 0.1) is 18.0 Å². The molecule has 2 aromatic rings. The molecule has 5 heteroatoms. The first-order valence-corrected chi connectivity index (χ1v) is 11.1. The van der Waals surface area contributed by atoms with Crippen LogP contribution in [-0.2, 0) is 0 Å². The van der Waals surface area contributed by atoms with Gasteiger partial charge in [-0.2, -0.15) is 4.67 Å². The molecule has 1 aliphatic heterocycles. The lowest BCUT2D eigenvalue weighted by Crippen LogP contribution is -2.40. The molecule has 1 aromatic heterocycles. The van der Waals surface area contributed by atoms with Crippen LogP contribution in [0.25, 0.3) is 10.9 Å². The van der Waals surface area contributed by atoms with Crippen molar-refractivity contribution in [2.75, 3.05) is 11.9 Å². The van der Waals surface area contributed by atoms with Crippen LogP contribution in [0.2, 0.25) is 0 Å². The van der Waals surface area contributed by atoms with E-state index >= 15 is 0 Å². The number of nitrogens with zero attached hydrogens (tertiary/aromatic N) is 3. The number of benzene rings is 1. The second kappa shape index (κ2) is 9.34. The van der Waals surface area contributed by atoms with E-state index in [0.29, 0.717) is 12.1 Å². The van der Waals surface area contributed by atoms with E-state index in [-0.39, 0.29) is 0 Å². The molecule has 152 valence electrons. The molecule has 0 bridgehead atoms. The first kappa shape index (κ1) is 19.8. The molecule has 29 heavy (non-hydrogen) atoms. The number of fused-ring (bicyclic) bond motifs is 1. The fraction of sp³-hybridized carbons (Fsp3) is 0.500. The molecule has 2 N–H and O–H groups in total. The molecule has 2 heterocycles. The van der Waals surface area contributed by atoms with Crippen LogP contribution in [0.1, 0.15) is 64.4 Å². The van der Waals surface area contributed by atoms with Crippen LogP contribution in [0, 0.1) is 0 Å². The van der Waals surface area contributed by atoms with E-state index in [1.807, 2.05) is 25.3 Å². The summed E-state index contributed by atoms with van der Waals surface area (Å²) in [5, 5.41) is 8.61. The highest BCUT2D eigenvalue weighted by atomic mass is 15.0. The van der Waals surface area contributed by atoms with Crippen LogP contribution < -0.4 is 15.3 Å². The van der Waals surface area contributed by atoms with Gasteiger partial charge in [0.25, 0.3) is 5.71 Å². The summed E-state index contributed by atoms with van der Waals surface area (Å²) in [4.78, 5) is 9.22. The summed E-state index contributed by atoms with van der Waals surface area (Å²) < 4.78 is 4.58. The molecule has 1 aliphatic carbocycles. The van der Waals surface area contributed by atoms with Crippen molar-refractivity contribution in [2.24, 2.45) is 4.99 Å². The lowest BCUT2D eigenvalue weighted by molar-refractivity contribution is 0.325. The van der Waals surface area contributed by atoms with Crippen molar-refractivity contribution >= 4 is 34.5 Å². The Kier molecular flexibility index (Phi) is 6.38. The minimum absolute atomic E-state index is 0.551. The van der Waals surface area contributed by atoms with E-state index in [1.54, 1.807) is 0 Å². The van der Waals surface area contributed by atoms with Crippen molar-refractivity contribution < 1.29 is 0 Å². The average molecular weight is 391 g/mol. The highest BCUT2D eigenvalue weighted by molar-refractivity contribution is 6.43. The van der Waals surface area contributed by atoms with Crippen molar-refractivity contribution in [3.63, 3.8) is 0 Å². The number of rotatable bonds is 8. The molecule has 1 fully saturated rings. The van der Waals surface area contributed by atoms with Gasteiger partial charge in [-0.1, -0.05) is 44.4 Å². The molecule has 0 saturated heterocycles. The van der Waals surface area contributed by atoms with Crippen LogP contribution in [-0.4, -0.2) is 41.4 Å². The van der Waals surface area contributed by atoms with Crippen LogP contribution in [0.4, 0.5) is 5.82 Å². The summed E-state index contributed by atoms with van der Waals surface area (Å²) in [5.41, 5.74) is 2.91. The van der Waals surface area contributed by atoms with E-state index in [1.165, 1.54) is 32.1 Å². The van der Waals surface area contributed by atoms with Crippen LogP contribution >= 0.6 is 0 Å². The van der Waals surface area contributed by atoms with E-state index in [9.17, 15) is 0 Å². The Balaban J connectivity index is 1.48. The zero-order valence-electron chi connectivity index (χ0n) is 17.6. The molecule has 0 amide bonds. The zero-order chi connectivity index (χ0) is 20.1. The third kappa shape index (κ3) is 4.92. The Morgan fingerprint density at radius 2 is 2.00 bits per heavy atom. The normalized spacial score (nSPS) is 18.0. The number of aromatic nitrogens is 1. The second-order valence-corrected chi connectivity index (χ2v) is 8.20. The number of hydrogen-bond acceptors (Lipinski definition) is 4. The van der Waals surface area contributed by atoms with Gasteiger partial charge in [-0.3, -0.25) is 0 Å². The quantitative estimate of drug-likeness (QED) is 0.667.